The molecule has 0 aliphatic rings. The quantitative estimate of drug-likeness (QED) is 0.357. The summed E-state index contributed by atoms with van der Waals surface area (Å²) in [7, 11) is 0. The van der Waals surface area contributed by atoms with Gasteiger partial charge >= 0.3 is 0 Å². The van der Waals surface area contributed by atoms with Crippen molar-refractivity contribution in [2.45, 2.75) is 0 Å². The summed E-state index contributed by atoms with van der Waals surface area (Å²) in [5.74, 6) is 0. The number of hydrogen-bond acceptors (Lipinski definition) is 2. The van der Waals surface area contributed by atoms with Gasteiger partial charge in [0, 0.05) is 12.1 Å². The van der Waals surface area contributed by atoms with Gasteiger partial charge in [0.1, 0.15) is 0 Å². The van der Waals surface area contributed by atoms with Crippen LogP contribution in [0.4, 0.5) is 0 Å². The van der Waals surface area contributed by atoms with Gasteiger partial charge < -0.3 is 10.4 Å². The van der Waals surface area contributed by atoms with Crippen molar-refractivity contribution in [3.63, 3.8) is 0 Å². The van der Waals surface area contributed by atoms with Gasteiger partial charge in [-0.1, -0.05) is 6.07 Å². The third-order valence-corrected chi connectivity index (χ3v) is 1.05. The molecule has 4 heteroatoms. The number of nitriles is 1. The first-order valence-electron chi connectivity index (χ1n) is 3.41. The highest BCUT2D eigenvalue weighted by molar-refractivity contribution is 5.46. The number of pyridine rings is 1. The summed E-state index contributed by atoms with van der Waals surface area (Å²) >= 11 is 0. The van der Waals surface area contributed by atoms with E-state index < -0.39 is 0 Å². The normalized spacial score (nSPS) is 6.69. The maximum atomic E-state index is 7.43. The van der Waals surface area contributed by atoms with Crippen LogP contribution >= 0.6 is 0 Å². The van der Waals surface area contributed by atoms with E-state index in [1.165, 1.54) is 12.2 Å². The molecule has 0 radical (unpaired) electrons. The minimum atomic E-state index is 1.28. The van der Waals surface area contributed by atoms with E-state index in [-0.39, 0.29) is 0 Å². The average molecular weight is 172 g/mol. The Hall–Kier alpha value is -2.24. The van der Waals surface area contributed by atoms with Crippen molar-refractivity contribution in [1.82, 2.24) is 0 Å². The Morgan fingerprint density at radius 2 is 2.00 bits per heavy atom. The van der Waals surface area contributed by atoms with E-state index in [4.69, 9.17) is 10.7 Å². The Bertz CT molecular complexity index is 330. The minimum absolute atomic E-state index is 1.28. The lowest BCUT2D eigenvalue weighted by Crippen LogP contribution is -2.22. The van der Waals surface area contributed by atoms with E-state index in [0.29, 0.717) is 0 Å². The molecule has 1 rings (SSSR count). The molecule has 4 nitrogen and oxygen atoms in total. The SMILES string of the molecule is C=C[n+]1ccccc1.N#CN=C=[N-]. The van der Waals surface area contributed by atoms with Crippen molar-refractivity contribution >= 4 is 12.2 Å². The molecule has 0 saturated carbocycles. The molecule has 0 amide bonds. The number of aliphatic imine (C=N–C) groups is 1. The van der Waals surface area contributed by atoms with Crippen LogP contribution in [-0.4, -0.2) is 6.01 Å². The Morgan fingerprint density at radius 3 is 2.23 bits per heavy atom. The zero-order valence-corrected chi connectivity index (χ0v) is 6.96. The first-order valence-corrected chi connectivity index (χ1v) is 3.41. The first kappa shape index (κ1) is 10.8. The molecule has 1 aromatic rings. The maximum absolute atomic E-state index is 7.43. The summed E-state index contributed by atoms with van der Waals surface area (Å²) in [5, 5.41) is 14.9. The molecule has 1 aromatic heterocycles. The molecule has 13 heavy (non-hydrogen) atoms. The molecule has 0 aliphatic carbocycles. The van der Waals surface area contributed by atoms with Crippen LogP contribution in [0.3, 0.4) is 0 Å². The predicted octanol–water partition coefficient (Wildman–Crippen LogP) is 1.29. The van der Waals surface area contributed by atoms with Gasteiger partial charge in [-0.3, -0.25) is 0 Å². The standard InChI is InChI=1S/C7H8N.C2N3/c1-2-8-6-4-3-5-7-8;3-1-5-2-4/h2-7H,1H2;/q+1;-1. The summed E-state index contributed by atoms with van der Waals surface area (Å²) in [5.41, 5.74) is 0. The van der Waals surface area contributed by atoms with E-state index >= 15 is 0 Å². The zero-order chi connectivity index (χ0) is 9.94. The molecule has 0 fully saturated rings. The minimum Gasteiger partial charge on any atom is -0.422 e. The lowest BCUT2D eigenvalue weighted by molar-refractivity contribution is -0.567. The molecule has 0 unspecified atom stereocenters. The van der Waals surface area contributed by atoms with Crippen molar-refractivity contribution in [1.29, 1.82) is 5.26 Å². The Balaban J connectivity index is 0.000000252. The van der Waals surface area contributed by atoms with Gasteiger partial charge in [0.05, 0.1) is 6.19 Å². The van der Waals surface area contributed by atoms with Crippen LogP contribution in [0.15, 0.2) is 42.2 Å². The number of nitrogens with zero attached hydrogens (tertiary/aromatic N) is 4. The van der Waals surface area contributed by atoms with E-state index in [1.807, 2.05) is 35.2 Å². The second-order valence-electron chi connectivity index (χ2n) is 1.82. The predicted molar refractivity (Wildman–Crippen MR) is 49.4 cm³/mol. The highest BCUT2D eigenvalue weighted by Gasteiger charge is 1.83. The van der Waals surface area contributed by atoms with Crippen LogP contribution in [-0.2, 0) is 0 Å². The fourth-order valence-corrected chi connectivity index (χ4v) is 0.556. The largest absolute Gasteiger partial charge is 0.422 e. The molecule has 0 N–H and O–H groups in total. The van der Waals surface area contributed by atoms with E-state index in [2.05, 4.69) is 11.6 Å². The van der Waals surface area contributed by atoms with Crippen molar-refractivity contribution < 1.29 is 4.57 Å². The van der Waals surface area contributed by atoms with Gasteiger partial charge in [0.25, 0.3) is 0 Å². The fraction of sp³-hybridized carbons (Fsp3) is 0. The summed E-state index contributed by atoms with van der Waals surface area (Å²) in [4.78, 5) is 2.58. The van der Waals surface area contributed by atoms with Gasteiger partial charge in [0.15, 0.2) is 18.6 Å². The second-order valence-corrected chi connectivity index (χ2v) is 1.82. The third kappa shape index (κ3) is 6.17. The number of hydrogen-bond donors (Lipinski definition) is 0. The fourth-order valence-electron chi connectivity index (χ4n) is 0.556. The van der Waals surface area contributed by atoms with Crippen molar-refractivity contribution in [2.75, 3.05) is 0 Å². The molecule has 0 atom stereocenters. The molecule has 0 aliphatic heterocycles. The lowest BCUT2D eigenvalue weighted by Gasteiger charge is -1.79. The molecule has 1 heterocycles. The Kier molecular flexibility index (Phi) is 6.51. The summed E-state index contributed by atoms with van der Waals surface area (Å²) in [6.45, 7) is 3.59. The molecule has 64 valence electrons. The summed E-state index contributed by atoms with van der Waals surface area (Å²) in [6, 6.07) is 7.17. The molecule has 0 bridgehead atoms. The van der Waals surface area contributed by atoms with Crippen LogP contribution in [0.2, 0.25) is 0 Å². The topological polar surface area (TPSA) is 62.3 Å². The smallest absolute Gasteiger partial charge is 0.174 e. The van der Waals surface area contributed by atoms with E-state index in [0.717, 1.165) is 0 Å². The van der Waals surface area contributed by atoms with Crippen LogP contribution in [0.1, 0.15) is 0 Å². The molecule has 0 spiro atoms. The van der Waals surface area contributed by atoms with Gasteiger partial charge in [-0.2, -0.15) is 9.83 Å². The number of aromatic nitrogens is 1. The Morgan fingerprint density at radius 1 is 1.38 bits per heavy atom. The van der Waals surface area contributed by atoms with Gasteiger partial charge in [-0.15, -0.1) is 6.01 Å². The highest BCUT2D eigenvalue weighted by Crippen LogP contribution is 1.74. The van der Waals surface area contributed by atoms with Crippen LogP contribution in [0, 0.1) is 11.5 Å². The highest BCUT2D eigenvalue weighted by atomic mass is 14.9. The van der Waals surface area contributed by atoms with Crippen LogP contribution < -0.4 is 4.57 Å². The van der Waals surface area contributed by atoms with E-state index in [9.17, 15) is 0 Å². The molecular weight excluding hydrogens is 164 g/mol. The lowest BCUT2D eigenvalue weighted by atomic mass is 10.5. The zero-order valence-electron chi connectivity index (χ0n) is 6.96. The van der Waals surface area contributed by atoms with Gasteiger partial charge in [0.2, 0.25) is 0 Å². The maximum Gasteiger partial charge on any atom is 0.174 e. The molecular formula is C9H8N4. The second kappa shape index (κ2) is 7.86. The number of rotatable bonds is 1. The molecule has 0 aromatic carbocycles. The average Bonchev–Trinajstić information content (AvgIpc) is 2.21. The van der Waals surface area contributed by atoms with Crippen LogP contribution in [0.25, 0.3) is 11.6 Å². The summed E-state index contributed by atoms with van der Waals surface area (Å²) in [6.07, 6.45) is 6.91. The third-order valence-electron chi connectivity index (χ3n) is 1.05. The monoisotopic (exact) mass is 172 g/mol. The van der Waals surface area contributed by atoms with Gasteiger partial charge in [-0.05, 0) is 6.58 Å². The Labute approximate surface area is 76.6 Å². The van der Waals surface area contributed by atoms with Crippen molar-refractivity contribution in [3.05, 3.63) is 42.6 Å². The van der Waals surface area contributed by atoms with Crippen molar-refractivity contribution in [2.24, 2.45) is 4.99 Å². The van der Waals surface area contributed by atoms with Gasteiger partial charge in [-0.25, -0.2) is 0 Å². The summed E-state index contributed by atoms with van der Waals surface area (Å²) < 4.78 is 1.89. The first-order chi connectivity index (χ1) is 6.35. The van der Waals surface area contributed by atoms with Crippen molar-refractivity contribution in [3.8, 4) is 6.19 Å². The van der Waals surface area contributed by atoms with E-state index in [1.54, 1.807) is 6.20 Å². The molecule has 0 saturated heterocycles. The van der Waals surface area contributed by atoms with Crippen LogP contribution in [0.5, 0.6) is 0 Å².